The number of hydrogen-bond donors (Lipinski definition) is 2. The van der Waals surface area contributed by atoms with Crippen LogP contribution >= 0.6 is 0 Å². The molecule has 378 valence electrons. The maximum absolute atomic E-state index is 11.3. The summed E-state index contributed by atoms with van der Waals surface area (Å²) in [5.41, 5.74) is 0.434. The van der Waals surface area contributed by atoms with Crippen molar-refractivity contribution in [1.29, 1.82) is 0 Å². The van der Waals surface area contributed by atoms with Gasteiger partial charge in [0.15, 0.2) is 0 Å². The van der Waals surface area contributed by atoms with E-state index < -0.39 is 9.84 Å². The average molecular weight is 912 g/mol. The molecule has 0 amide bonds. The van der Waals surface area contributed by atoms with Crippen LogP contribution in [0.15, 0.2) is 0 Å². The number of rotatable bonds is 0. The molecule has 3 aliphatic carbocycles. The summed E-state index contributed by atoms with van der Waals surface area (Å²) in [6.07, 6.45) is 33.0. The lowest BCUT2D eigenvalue weighted by atomic mass is 9.70. The molecule has 10 aliphatic rings. The van der Waals surface area contributed by atoms with Crippen molar-refractivity contribution in [2.75, 3.05) is 24.7 Å². The highest BCUT2D eigenvalue weighted by atomic mass is 32.2. The summed E-state index contributed by atoms with van der Waals surface area (Å²) in [6.45, 7) is 34.9. The van der Waals surface area contributed by atoms with E-state index in [1.54, 1.807) is 0 Å². The standard InChI is InChI=1S/C10H18O2S.C7H13N.C7H12O.C6H11N.C6H10O.5C4H10/c11-13(12)8-6-10(7-9-13)4-2-1-3-5-10;2*1-2-6-4-5-7(3-1)8-6;2*1-2-6-3-5(1)4-7-6;5*1-4(2)3/h1-9H2;6-8H,1-5H2;6-7H,1-5H2;5-7H,1-4H2;5-6H,1-4H2;5*4H,1-3H3. The van der Waals surface area contributed by atoms with Gasteiger partial charge in [0.25, 0.3) is 0 Å². The van der Waals surface area contributed by atoms with Crippen molar-refractivity contribution < 1.29 is 17.9 Å². The molecule has 0 aromatic heterocycles. The SMILES string of the molecule is C1CC2CC1CN2.C1CC2CC1CO2.C1CC2CCC(C1)N2.C1CC2CCC(C1)O2.CC(C)C.CC(C)C.CC(C)C.CC(C)C.CC(C)C.O=S1(=O)CCC2(CCCCC2)CC1. The summed E-state index contributed by atoms with van der Waals surface area (Å²) in [4.78, 5) is 0. The molecular weight excluding hydrogens is 797 g/mol. The maximum atomic E-state index is 11.3. The predicted octanol–water partition coefficient (Wildman–Crippen LogP) is 15.4. The van der Waals surface area contributed by atoms with Crippen molar-refractivity contribution in [2.45, 2.75) is 288 Å². The van der Waals surface area contributed by atoms with Gasteiger partial charge in [0.1, 0.15) is 9.84 Å². The van der Waals surface area contributed by atoms with Crippen molar-refractivity contribution in [3.8, 4) is 0 Å². The summed E-state index contributed by atoms with van der Waals surface area (Å²) in [5, 5.41) is 7.05. The van der Waals surface area contributed by atoms with Gasteiger partial charge in [-0.05, 0) is 175 Å². The van der Waals surface area contributed by atoms with Crippen LogP contribution in [0.3, 0.4) is 0 Å². The van der Waals surface area contributed by atoms with Gasteiger partial charge < -0.3 is 20.1 Å². The van der Waals surface area contributed by atoms with E-state index in [-0.39, 0.29) is 0 Å². The Morgan fingerprint density at radius 1 is 0.444 bits per heavy atom. The Labute approximate surface area is 396 Å². The van der Waals surface area contributed by atoms with Crippen LogP contribution in [0, 0.1) is 46.8 Å². The molecule has 1 spiro atoms. The van der Waals surface area contributed by atoms with E-state index in [1.165, 1.54) is 141 Å². The fourth-order valence-corrected chi connectivity index (χ4v) is 11.6. The van der Waals surface area contributed by atoms with E-state index in [9.17, 15) is 8.42 Å². The Kier molecular flexibility index (Phi) is 32.9. The quantitative estimate of drug-likeness (QED) is 0.252. The molecule has 0 radical (unpaired) electrons. The van der Waals surface area contributed by atoms with E-state index in [0.29, 0.717) is 35.2 Å². The van der Waals surface area contributed by atoms with Crippen LogP contribution < -0.4 is 10.6 Å². The van der Waals surface area contributed by atoms with Crippen molar-refractivity contribution in [1.82, 2.24) is 10.6 Å². The van der Waals surface area contributed by atoms with Crippen LogP contribution in [-0.4, -0.2) is 69.5 Å². The molecule has 8 bridgehead atoms. The first-order chi connectivity index (χ1) is 29.6. The van der Waals surface area contributed by atoms with E-state index in [2.05, 4.69) is 114 Å². The highest BCUT2D eigenvalue weighted by Crippen LogP contribution is 2.45. The molecule has 7 heteroatoms. The molecule has 8 atom stereocenters. The molecule has 2 N–H and O–H groups in total. The van der Waals surface area contributed by atoms with E-state index in [0.717, 1.165) is 79.0 Å². The van der Waals surface area contributed by atoms with Crippen LogP contribution in [0.1, 0.15) is 252 Å². The number of nitrogens with one attached hydrogen (secondary N) is 2. The first kappa shape index (κ1) is 60.8. The van der Waals surface area contributed by atoms with Gasteiger partial charge in [-0.2, -0.15) is 0 Å². The minimum atomic E-state index is -2.66. The number of piperidine rings is 2. The van der Waals surface area contributed by atoms with Crippen molar-refractivity contribution >= 4 is 9.84 Å². The number of hydrogen-bond acceptors (Lipinski definition) is 6. The second-order valence-electron chi connectivity index (χ2n) is 24.7. The summed E-state index contributed by atoms with van der Waals surface area (Å²) >= 11 is 0. The van der Waals surface area contributed by atoms with Crippen LogP contribution in [0.5, 0.6) is 0 Å². The lowest BCUT2D eigenvalue weighted by Gasteiger charge is -2.40. The van der Waals surface area contributed by atoms with E-state index >= 15 is 0 Å². The average Bonchev–Trinajstić information content (AvgIpc) is 4.08. The first-order valence-corrected chi connectivity index (χ1v) is 29.4. The van der Waals surface area contributed by atoms with Gasteiger partial charge >= 0.3 is 0 Å². The lowest BCUT2D eigenvalue weighted by molar-refractivity contribution is 0.00574. The Hall–Kier alpha value is -0.210. The highest BCUT2D eigenvalue weighted by Gasteiger charge is 2.38. The molecule has 0 aromatic carbocycles. The fraction of sp³-hybridized carbons (Fsp3) is 1.00. The summed E-state index contributed by atoms with van der Waals surface area (Å²) in [5.74, 6) is 7.08. The highest BCUT2D eigenvalue weighted by molar-refractivity contribution is 7.91. The molecule has 63 heavy (non-hydrogen) atoms. The third-order valence-corrected chi connectivity index (χ3v) is 14.4. The zero-order chi connectivity index (χ0) is 47.4. The molecule has 3 saturated carbocycles. The largest absolute Gasteiger partial charge is 0.378 e. The van der Waals surface area contributed by atoms with Gasteiger partial charge in [0, 0.05) is 24.7 Å². The second-order valence-corrected chi connectivity index (χ2v) is 27.1. The number of ether oxygens (including phenoxy) is 2. The summed E-state index contributed by atoms with van der Waals surface area (Å²) in [7, 11) is -2.66. The van der Waals surface area contributed by atoms with Crippen LogP contribution in [-0.2, 0) is 19.3 Å². The zero-order valence-electron chi connectivity index (χ0n) is 45.1. The molecular formula is C56H114N2O4S. The third-order valence-electron chi connectivity index (χ3n) is 12.8. The van der Waals surface area contributed by atoms with E-state index in [1.807, 2.05) is 0 Å². The number of sulfone groups is 1. The Morgan fingerprint density at radius 2 is 0.873 bits per heavy atom. The molecule has 0 aromatic rings. The zero-order valence-corrected chi connectivity index (χ0v) is 46.0. The van der Waals surface area contributed by atoms with E-state index in [4.69, 9.17) is 9.47 Å². The lowest BCUT2D eigenvalue weighted by Crippen LogP contribution is -2.35. The predicted molar refractivity (Wildman–Crippen MR) is 278 cm³/mol. The van der Waals surface area contributed by atoms with Gasteiger partial charge in [-0.1, -0.05) is 130 Å². The molecule has 10 rings (SSSR count). The molecule has 7 saturated heterocycles. The second kappa shape index (κ2) is 34.1. The van der Waals surface area contributed by atoms with Gasteiger partial charge in [-0.25, -0.2) is 8.42 Å². The summed E-state index contributed by atoms with van der Waals surface area (Å²) < 4.78 is 33.5. The maximum Gasteiger partial charge on any atom is 0.150 e. The Morgan fingerprint density at radius 3 is 1.14 bits per heavy atom. The minimum Gasteiger partial charge on any atom is -0.378 e. The Balaban J connectivity index is 0.000000361. The third kappa shape index (κ3) is 33.0. The van der Waals surface area contributed by atoms with Gasteiger partial charge in [0.2, 0.25) is 0 Å². The molecule has 10 fully saturated rings. The van der Waals surface area contributed by atoms with Crippen LogP contribution in [0.25, 0.3) is 0 Å². The van der Waals surface area contributed by atoms with Gasteiger partial charge in [-0.15, -0.1) is 0 Å². The fourth-order valence-electron chi connectivity index (χ4n) is 9.90. The monoisotopic (exact) mass is 911 g/mol. The summed E-state index contributed by atoms with van der Waals surface area (Å²) in [6, 6.07) is 2.74. The number of fused-ring (bicyclic) bond motifs is 8. The molecule has 7 heterocycles. The van der Waals surface area contributed by atoms with Crippen LogP contribution in [0.4, 0.5) is 0 Å². The van der Waals surface area contributed by atoms with Crippen molar-refractivity contribution in [3.05, 3.63) is 0 Å². The van der Waals surface area contributed by atoms with Gasteiger partial charge in [0.05, 0.1) is 29.8 Å². The van der Waals surface area contributed by atoms with Gasteiger partial charge in [-0.3, -0.25) is 0 Å². The molecule has 6 nitrogen and oxygen atoms in total. The molecule has 7 aliphatic heterocycles. The minimum absolute atomic E-state index is 0.434. The molecule has 8 unspecified atom stereocenters. The van der Waals surface area contributed by atoms with Crippen molar-refractivity contribution in [2.24, 2.45) is 46.8 Å². The van der Waals surface area contributed by atoms with Crippen molar-refractivity contribution in [3.63, 3.8) is 0 Å². The Bertz CT molecular complexity index is 1010. The normalized spacial score (nSPS) is 31.5. The van der Waals surface area contributed by atoms with Crippen LogP contribution in [0.2, 0.25) is 0 Å². The topological polar surface area (TPSA) is 76.7 Å². The smallest absolute Gasteiger partial charge is 0.150 e. The first-order valence-electron chi connectivity index (χ1n) is 27.5.